The van der Waals surface area contributed by atoms with Gasteiger partial charge in [-0.1, -0.05) is 43.9 Å². The Bertz CT molecular complexity index is 1510. The Morgan fingerprint density at radius 2 is 1.83 bits per heavy atom. The molecule has 1 heterocycles. The van der Waals surface area contributed by atoms with Crippen LogP contribution in [0.5, 0.6) is 0 Å². The van der Waals surface area contributed by atoms with Gasteiger partial charge in [0.05, 0.1) is 22.9 Å². The van der Waals surface area contributed by atoms with E-state index in [0.717, 1.165) is 18.7 Å². The summed E-state index contributed by atoms with van der Waals surface area (Å²) >= 11 is 0. The van der Waals surface area contributed by atoms with Crippen molar-refractivity contribution in [3.05, 3.63) is 59.2 Å². The Kier molecular flexibility index (Phi) is 7.84. The summed E-state index contributed by atoms with van der Waals surface area (Å²) < 4.78 is 55.1. The van der Waals surface area contributed by atoms with Crippen LogP contribution in [0.3, 0.4) is 0 Å². The van der Waals surface area contributed by atoms with Gasteiger partial charge in [-0.25, -0.2) is 8.42 Å². The molecule has 2 aromatic carbocycles. The van der Waals surface area contributed by atoms with Gasteiger partial charge in [-0.3, -0.25) is 9.52 Å². The van der Waals surface area contributed by atoms with Gasteiger partial charge in [-0.2, -0.15) is 8.42 Å². The number of nitrogens with zero attached hydrogens (tertiary/aromatic N) is 1. The number of carbonyl (C=O) groups is 1. The van der Waals surface area contributed by atoms with Gasteiger partial charge in [0, 0.05) is 5.69 Å². The molecule has 2 aliphatic rings. The molecule has 2 aromatic rings. The summed E-state index contributed by atoms with van der Waals surface area (Å²) in [5.41, 5.74) is -0.235. The van der Waals surface area contributed by atoms with Crippen molar-refractivity contribution < 1.29 is 56.3 Å². The molecule has 0 spiro atoms. The van der Waals surface area contributed by atoms with E-state index in [0.29, 0.717) is 23.5 Å². The largest absolute Gasteiger partial charge is 1.00 e. The first-order chi connectivity index (χ1) is 16.2. The van der Waals surface area contributed by atoms with Crippen LogP contribution in [0.2, 0.25) is 0 Å². The standard InChI is InChI=1S/C24H27N3O6S2.Na/c1-14(2)11-12-24(3)17-8-6-5-7-16(17)21(28)20(22(24)29)23-25-18-10-9-15(26-34(4,30)31)13-19(18)35(32,33)27-23;/h5-10,13-14,26,28H,11-12H2,1-4H3,(H,25,27);/q;+1/p-1/t24-;/m0./s1. The van der Waals surface area contributed by atoms with Gasteiger partial charge >= 0.3 is 29.6 Å². The molecule has 0 saturated carbocycles. The molecule has 12 heteroatoms. The van der Waals surface area contributed by atoms with Gasteiger partial charge in [0.25, 0.3) is 10.0 Å². The van der Waals surface area contributed by atoms with E-state index in [4.69, 9.17) is 0 Å². The Morgan fingerprint density at radius 3 is 2.47 bits per heavy atom. The number of ketones is 1. The fourth-order valence-corrected chi connectivity index (χ4v) is 6.09. The van der Waals surface area contributed by atoms with E-state index in [1.807, 2.05) is 13.8 Å². The number of hydrogen-bond donors (Lipinski definition) is 2. The number of anilines is 2. The second kappa shape index (κ2) is 9.94. The minimum absolute atomic E-state index is 0. The Morgan fingerprint density at radius 1 is 1.17 bits per heavy atom. The number of fused-ring (bicyclic) bond motifs is 2. The molecule has 0 unspecified atom stereocenters. The van der Waals surface area contributed by atoms with Gasteiger partial charge in [-0.05, 0) is 55.0 Å². The van der Waals surface area contributed by atoms with Crippen molar-refractivity contribution in [3.63, 3.8) is 0 Å². The van der Waals surface area contributed by atoms with E-state index in [1.54, 1.807) is 31.2 Å². The average molecular weight is 540 g/mol. The van der Waals surface area contributed by atoms with E-state index >= 15 is 0 Å². The van der Waals surface area contributed by atoms with Crippen molar-refractivity contribution in [2.24, 2.45) is 10.3 Å². The zero-order valence-corrected chi connectivity index (χ0v) is 24.4. The van der Waals surface area contributed by atoms with E-state index in [1.165, 1.54) is 12.1 Å². The van der Waals surface area contributed by atoms with Crippen LogP contribution in [0, 0.1) is 5.92 Å². The van der Waals surface area contributed by atoms with E-state index < -0.39 is 37.0 Å². The quantitative estimate of drug-likeness (QED) is 0.476. The minimum atomic E-state index is -4.34. The average Bonchev–Trinajstić information content (AvgIpc) is 2.76. The van der Waals surface area contributed by atoms with Crippen molar-refractivity contribution in [3.8, 4) is 0 Å². The van der Waals surface area contributed by atoms with E-state index in [2.05, 4.69) is 14.4 Å². The Balaban J connectivity index is 0.00000361. The number of rotatable bonds is 6. The summed E-state index contributed by atoms with van der Waals surface area (Å²) in [7, 11) is -7.97. The summed E-state index contributed by atoms with van der Waals surface area (Å²) in [5.74, 6) is -1.09. The molecule has 9 nitrogen and oxygen atoms in total. The molecule has 0 fully saturated rings. The van der Waals surface area contributed by atoms with Crippen LogP contribution in [0.4, 0.5) is 11.4 Å². The Labute approximate surface area is 233 Å². The molecule has 0 amide bonds. The Hall–Kier alpha value is -2.18. The minimum Gasteiger partial charge on any atom is -0.871 e. The summed E-state index contributed by atoms with van der Waals surface area (Å²) in [4.78, 5) is 13.5. The maximum atomic E-state index is 13.8. The van der Waals surface area contributed by atoms with Crippen molar-refractivity contribution in [2.75, 3.05) is 16.3 Å². The number of benzene rings is 2. The predicted octanol–water partition coefficient (Wildman–Crippen LogP) is -0.377. The number of amidine groups is 1. The van der Waals surface area contributed by atoms with Crippen molar-refractivity contribution in [2.45, 2.75) is 43.9 Å². The smallest absolute Gasteiger partial charge is 0.871 e. The molecule has 4 rings (SSSR count). The van der Waals surface area contributed by atoms with Crippen molar-refractivity contribution in [1.29, 1.82) is 0 Å². The topological polar surface area (TPSA) is 145 Å². The monoisotopic (exact) mass is 539 g/mol. The van der Waals surface area contributed by atoms with Gasteiger partial charge in [0.2, 0.25) is 10.0 Å². The van der Waals surface area contributed by atoms with Crippen LogP contribution < -0.4 is 44.7 Å². The number of Topliss-reactive ketones (excluding diaryl/α,β-unsaturated/α-hetero) is 1. The number of hydrogen-bond acceptors (Lipinski definition) is 7. The fourth-order valence-electron chi connectivity index (χ4n) is 4.38. The summed E-state index contributed by atoms with van der Waals surface area (Å²) in [6.07, 6.45) is 2.16. The first-order valence-corrected chi connectivity index (χ1v) is 14.4. The molecule has 0 saturated heterocycles. The molecular weight excluding hydrogens is 513 g/mol. The molecular formula is C24H26N3NaO6S2. The maximum absolute atomic E-state index is 13.8. The molecule has 186 valence electrons. The molecule has 0 radical (unpaired) electrons. The summed E-state index contributed by atoms with van der Waals surface area (Å²) in [6, 6.07) is 10.7. The molecule has 1 aliphatic carbocycles. The van der Waals surface area contributed by atoms with Crippen LogP contribution in [-0.4, -0.2) is 34.7 Å². The van der Waals surface area contributed by atoms with Gasteiger partial charge in [0.1, 0.15) is 4.90 Å². The second-order valence-electron chi connectivity index (χ2n) is 9.47. The first kappa shape index (κ1) is 28.4. The third kappa shape index (κ3) is 5.26. The second-order valence-corrected chi connectivity index (χ2v) is 12.8. The van der Waals surface area contributed by atoms with Crippen molar-refractivity contribution >= 4 is 48.8 Å². The van der Waals surface area contributed by atoms with Gasteiger partial charge < -0.3 is 10.4 Å². The molecule has 0 aromatic heterocycles. The zero-order valence-electron chi connectivity index (χ0n) is 20.7. The third-order valence-corrected chi connectivity index (χ3v) is 8.13. The van der Waals surface area contributed by atoms with Gasteiger partial charge in [-0.15, -0.1) is 4.40 Å². The fraction of sp³-hybridized carbons (Fsp3) is 0.333. The molecule has 36 heavy (non-hydrogen) atoms. The molecule has 1 aliphatic heterocycles. The van der Waals surface area contributed by atoms with Crippen LogP contribution in [0.15, 0.2) is 57.3 Å². The van der Waals surface area contributed by atoms with E-state index in [-0.39, 0.29) is 57.2 Å². The first-order valence-electron chi connectivity index (χ1n) is 11.0. The number of sulfonamides is 2. The van der Waals surface area contributed by atoms with E-state index in [9.17, 15) is 26.7 Å². The molecule has 2 N–H and O–H groups in total. The SMILES string of the molecule is CC(C)CC[C@]1(C)C(=O)C(C2=NS(=O)(=O)c3cc(NS(C)(=O)=O)ccc3N2)=C([O-])c2ccccc21.[Na+]. The van der Waals surface area contributed by atoms with Crippen LogP contribution >= 0.6 is 0 Å². The molecule has 0 bridgehead atoms. The zero-order chi connectivity index (χ0) is 25.8. The van der Waals surface area contributed by atoms with Crippen LogP contribution in [0.25, 0.3) is 5.76 Å². The summed E-state index contributed by atoms with van der Waals surface area (Å²) in [5, 5.41) is 16.3. The van der Waals surface area contributed by atoms with Crippen LogP contribution in [0.1, 0.15) is 44.7 Å². The third-order valence-electron chi connectivity index (χ3n) is 6.21. The van der Waals surface area contributed by atoms with Gasteiger partial charge in [0.15, 0.2) is 11.6 Å². The number of carbonyl (C=O) groups excluding carboxylic acids is 1. The summed E-state index contributed by atoms with van der Waals surface area (Å²) in [6.45, 7) is 5.86. The van der Waals surface area contributed by atoms with Crippen LogP contribution in [-0.2, 0) is 30.3 Å². The molecule has 1 atom stereocenters. The normalized spacial score (nSPS) is 20.6. The number of nitrogens with one attached hydrogen (secondary N) is 2. The predicted molar refractivity (Wildman–Crippen MR) is 133 cm³/mol. The maximum Gasteiger partial charge on any atom is 1.00 e. The van der Waals surface area contributed by atoms with Crippen molar-refractivity contribution in [1.82, 2.24) is 0 Å².